The highest BCUT2D eigenvalue weighted by Crippen LogP contribution is 2.41. The molecule has 1 aliphatic rings. The number of aryl methyl sites for hydroxylation is 1. The third-order valence-electron chi connectivity index (χ3n) is 4.99. The van der Waals surface area contributed by atoms with Crippen molar-refractivity contribution in [1.29, 1.82) is 0 Å². The van der Waals surface area contributed by atoms with Crippen LogP contribution in [0.25, 0.3) is 10.8 Å². The first kappa shape index (κ1) is 15.8. The van der Waals surface area contributed by atoms with Gasteiger partial charge >= 0.3 is 0 Å². The lowest BCUT2D eigenvalue weighted by molar-refractivity contribution is 0.650. The van der Waals surface area contributed by atoms with E-state index in [1.807, 2.05) is 18.7 Å². The van der Waals surface area contributed by atoms with Gasteiger partial charge in [0.2, 0.25) is 0 Å². The van der Waals surface area contributed by atoms with Crippen molar-refractivity contribution in [3.8, 4) is 0 Å². The highest BCUT2D eigenvalue weighted by atomic mass is 15.2. The molecule has 0 fully saturated rings. The molecule has 0 spiro atoms. The number of aliphatic imine (C=N–C) groups is 1. The summed E-state index contributed by atoms with van der Waals surface area (Å²) in [5.41, 5.74) is 3.58. The maximum atomic E-state index is 5.03. The molecule has 4 nitrogen and oxygen atoms in total. The maximum Gasteiger partial charge on any atom is 0.140 e. The standard InChI is InChI=1S/C23H20N4/c1-2-9-19(10-3-1)27-21-12-5-8-18-7-4-11-20(22(18)21)23(27)25-13-6-15-26-16-14-24-17-26/h1-5,7-12,14,16-17H,6,13,15H2/b25-23+. The van der Waals surface area contributed by atoms with Gasteiger partial charge in [-0.05, 0) is 30.0 Å². The molecule has 0 aliphatic carbocycles. The lowest BCUT2D eigenvalue weighted by Gasteiger charge is -2.21. The number of hydrogen-bond donors (Lipinski definition) is 0. The van der Waals surface area contributed by atoms with Crippen molar-refractivity contribution < 1.29 is 0 Å². The summed E-state index contributed by atoms with van der Waals surface area (Å²) in [6.07, 6.45) is 6.65. The second-order valence-electron chi connectivity index (χ2n) is 6.71. The second kappa shape index (κ2) is 6.72. The molecule has 0 saturated heterocycles. The van der Waals surface area contributed by atoms with Crippen molar-refractivity contribution in [2.75, 3.05) is 11.4 Å². The Morgan fingerprint density at radius 1 is 0.889 bits per heavy atom. The molecule has 0 bridgehead atoms. The van der Waals surface area contributed by atoms with Crippen LogP contribution in [-0.4, -0.2) is 21.9 Å². The minimum Gasteiger partial charge on any atom is -0.337 e. The molecular weight excluding hydrogens is 332 g/mol. The molecule has 2 heterocycles. The van der Waals surface area contributed by atoms with Crippen molar-refractivity contribution in [3.63, 3.8) is 0 Å². The number of amidine groups is 1. The van der Waals surface area contributed by atoms with Crippen LogP contribution >= 0.6 is 0 Å². The minimum atomic E-state index is 0.779. The summed E-state index contributed by atoms with van der Waals surface area (Å²) in [6.45, 7) is 1.71. The van der Waals surface area contributed by atoms with Gasteiger partial charge in [0.15, 0.2) is 0 Å². The van der Waals surface area contributed by atoms with Gasteiger partial charge < -0.3 is 4.57 Å². The van der Waals surface area contributed by atoms with Gasteiger partial charge in [-0.25, -0.2) is 4.98 Å². The largest absolute Gasteiger partial charge is 0.337 e. The van der Waals surface area contributed by atoms with Gasteiger partial charge in [0, 0.05) is 42.1 Å². The summed E-state index contributed by atoms with van der Waals surface area (Å²) in [4.78, 5) is 11.4. The third kappa shape index (κ3) is 2.79. The summed E-state index contributed by atoms with van der Waals surface area (Å²) < 4.78 is 2.10. The SMILES string of the molecule is c1ccc(N2/C(=N/CCCn3ccnc3)c3cccc4cccc2c34)cc1. The molecule has 1 aromatic heterocycles. The Kier molecular flexibility index (Phi) is 3.94. The van der Waals surface area contributed by atoms with Gasteiger partial charge in [0.05, 0.1) is 12.0 Å². The van der Waals surface area contributed by atoms with Crippen LogP contribution < -0.4 is 4.90 Å². The van der Waals surface area contributed by atoms with E-state index in [0.29, 0.717) is 0 Å². The second-order valence-corrected chi connectivity index (χ2v) is 6.71. The smallest absolute Gasteiger partial charge is 0.140 e. The Morgan fingerprint density at radius 2 is 1.74 bits per heavy atom. The first-order valence-electron chi connectivity index (χ1n) is 9.29. The lowest BCUT2D eigenvalue weighted by Crippen LogP contribution is -2.22. The first-order valence-corrected chi connectivity index (χ1v) is 9.29. The number of anilines is 2. The van der Waals surface area contributed by atoms with Crippen LogP contribution in [0.5, 0.6) is 0 Å². The average Bonchev–Trinajstić information content (AvgIpc) is 3.34. The highest BCUT2D eigenvalue weighted by Gasteiger charge is 2.28. The van der Waals surface area contributed by atoms with E-state index in [2.05, 4.69) is 81.2 Å². The van der Waals surface area contributed by atoms with Crippen LogP contribution in [-0.2, 0) is 6.54 Å². The summed E-state index contributed by atoms with van der Waals surface area (Å²) in [5.74, 6) is 1.04. The van der Waals surface area contributed by atoms with E-state index >= 15 is 0 Å². The molecule has 0 radical (unpaired) electrons. The van der Waals surface area contributed by atoms with Gasteiger partial charge in [0.1, 0.15) is 5.84 Å². The van der Waals surface area contributed by atoms with E-state index in [9.17, 15) is 0 Å². The van der Waals surface area contributed by atoms with Gasteiger partial charge in [-0.1, -0.05) is 48.5 Å². The van der Waals surface area contributed by atoms with Crippen LogP contribution in [0.3, 0.4) is 0 Å². The zero-order chi connectivity index (χ0) is 18.1. The van der Waals surface area contributed by atoms with E-state index in [4.69, 9.17) is 4.99 Å². The molecule has 5 rings (SSSR count). The monoisotopic (exact) mass is 352 g/mol. The zero-order valence-electron chi connectivity index (χ0n) is 15.0. The number of hydrogen-bond acceptors (Lipinski definition) is 2. The van der Waals surface area contributed by atoms with Gasteiger partial charge in [-0.3, -0.25) is 9.89 Å². The van der Waals surface area contributed by atoms with Gasteiger partial charge in [0.25, 0.3) is 0 Å². The molecule has 0 N–H and O–H groups in total. The van der Waals surface area contributed by atoms with E-state index in [1.54, 1.807) is 0 Å². The molecule has 27 heavy (non-hydrogen) atoms. The Hall–Kier alpha value is -3.40. The van der Waals surface area contributed by atoms with Crippen LogP contribution in [0, 0.1) is 0 Å². The van der Waals surface area contributed by atoms with Crippen LogP contribution in [0.1, 0.15) is 12.0 Å². The van der Waals surface area contributed by atoms with E-state index in [-0.39, 0.29) is 0 Å². The number of imidazole rings is 1. The van der Waals surface area contributed by atoms with E-state index < -0.39 is 0 Å². The maximum absolute atomic E-state index is 5.03. The fraction of sp³-hybridized carbons (Fsp3) is 0.130. The zero-order valence-corrected chi connectivity index (χ0v) is 15.0. The Bertz CT molecular complexity index is 1090. The van der Waals surface area contributed by atoms with Crippen molar-refractivity contribution >= 4 is 28.0 Å². The fourth-order valence-corrected chi connectivity index (χ4v) is 3.78. The lowest BCUT2D eigenvalue weighted by atomic mass is 10.1. The first-order chi connectivity index (χ1) is 13.4. The summed E-state index contributed by atoms with van der Waals surface area (Å²) in [7, 11) is 0. The molecule has 4 aromatic rings. The molecule has 0 amide bonds. The molecule has 0 unspecified atom stereocenters. The molecular formula is C23H20N4. The Balaban J connectivity index is 1.53. The van der Waals surface area contributed by atoms with Crippen LogP contribution in [0.2, 0.25) is 0 Å². The Labute approximate surface area is 158 Å². The third-order valence-corrected chi connectivity index (χ3v) is 4.99. The van der Waals surface area contributed by atoms with Crippen molar-refractivity contribution in [1.82, 2.24) is 9.55 Å². The minimum absolute atomic E-state index is 0.779. The quantitative estimate of drug-likeness (QED) is 0.472. The van der Waals surface area contributed by atoms with Crippen molar-refractivity contribution in [2.45, 2.75) is 13.0 Å². The predicted molar refractivity (Wildman–Crippen MR) is 111 cm³/mol. The van der Waals surface area contributed by atoms with E-state index in [0.717, 1.165) is 31.0 Å². The van der Waals surface area contributed by atoms with Crippen LogP contribution in [0.15, 0.2) is 90.4 Å². The molecule has 3 aromatic carbocycles. The summed E-state index contributed by atoms with van der Waals surface area (Å²) in [6, 6.07) is 23.5. The number of benzene rings is 3. The normalized spacial score (nSPS) is 14.4. The fourth-order valence-electron chi connectivity index (χ4n) is 3.78. The number of rotatable bonds is 5. The molecule has 132 valence electrons. The summed E-state index contributed by atoms with van der Waals surface area (Å²) in [5, 5.41) is 2.55. The number of aromatic nitrogens is 2. The molecule has 1 aliphatic heterocycles. The van der Waals surface area contributed by atoms with E-state index in [1.165, 1.54) is 22.0 Å². The highest BCUT2D eigenvalue weighted by molar-refractivity contribution is 6.29. The molecule has 0 atom stereocenters. The Morgan fingerprint density at radius 3 is 2.56 bits per heavy atom. The molecule has 4 heteroatoms. The predicted octanol–water partition coefficient (Wildman–Crippen LogP) is 5.02. The topological polar surface area (TPSA) is 33.4 Å². The molecule has 0 saturated carbocycles. The van der Waals surface area contributed by atoms with Gasteiger partial charge in [-0.15, -0.1) is 0 Å². The average molecular weight is 352 g/mol. The number of para-hydroxylation sites is 1. The van der Waals surface area contributed by atoms with Crippen LogP contribution in [0.4, 0.5) is 11.4 Å². The van der Waals surface area contributed by atoms with Crippen molar-refractivity contribution in [2.24, 2.45) is 4.99 Å². The van der Waals surface area contributed by atoms with Gasteiger partial charge in [-0.2, -0.15) is 0 Å². The summed E-state index contributed by atoms with van der Waals surface area (Å²) >= 11 is 0. The van der Waals surface area contributed by atoms with Crippen molar-refractivity contribution in [3.05, 3.63) is 91.0 Å². The number of nitrogens with zero attached hydrogens (tertiary/aromatic N) is 4.